The molecule has 2 heterocycles. The highest BCUT2D eigenvalue weighted by molar-refractivity contribution is 6.07. The molecule has 0 aliphatic carbocycles. The normalized spacial score (nSPS) is 16.5. The molecule has 0 bridgehead atoms. The molecule has 1 amide bonds. The van der Waals surface area contributed by atoms with Gasteiger partial charge in [-0.2, -0.15) is 0 Å². The molecule has 4 rings (SSSR count). The highest BCUT2D eigenvalue weighted by Gasteiger charge is 2.29. The van der Waals surface area contributed by atoms with Crippen LogP contribution in [-0.4, -0.2) is 36.4 Å². The summed E-state index contributed by atoms with van der Waals surface area (Å²) in [4.78, 5) is 28.8. The van der Waals surface area contributed by atoms with Crippen molar-refractivity contribution >= 4 is 28.3 Å². The first kappa shape index (κ1) is 18.3. The molecule has 1 aliphatic heterocycles. The second kappa shape index (κ2) is 7.48. The number of aromatic amines is 1. The summed E-state index contributed by atoms with van der Waals surface area (Å²) in [6, 6.07) is 12.7. The number of benzene rings is 2. The summed E-state index contributed by atoms with van der Waals surface area (Å²) in [6.45, 7) is 2.70. The van der Waals surface area contributed by atoms with E-state index in [-0.39, 0.29) is 18.1 Å². The van der Waals surface area contributed by atoms with Crippen molar-refractivity contribution in [3.8, 4) is 5.75 Å². The minimum atomic E-state index is -0.548. The number of aromatic nitrogens is 1. The molecule has 0 saturated carbocycles. The van der Waals surface area contributed by atoms with Gasteiger partial charge in [0.1, 0.15) is 5.75 Å². The lowest BCUT2D eigenvalue weighted by molar-refractivity contribution is -0.116. The first-order valence-corrected chi connectivity index (χ1v) is 9.38. The zero-order valence-electron chi connectivity index (χ0n) is 16.0. The fourth-order valence-electron chi connectivity index (χ4n) is 3.71. The summed E-state index contributed by atoms with van der Waals surface area (Å²) in [5.74, 6) is 0.456. The van der Waals surface area contributed by atoms with Crippen LogP contribution in [0.4, 0.5) is 5.69 Å². The lowest BCUT2D eigenvalue weighted by Crippen LogP contribution is -2.39. The number of anilines is 1. The van der Waals surface area contributed by atoms with Crippen molar-refractivity contribution in [3.05, 3.63) is 59.3 Å². The lowest BCUT2D eigenvalue weighted by Gasteiger charge is -2.14. The fraction of sp³-hybridized carbons (Fsp3) is 0.273. The number of hydrogen-bond donors (Lipinski definition) is 3. The Morgan fingerprint density at radius 2 is 2.00 bits per heavy atom. The molecule has 0 saturated heterocycles. The Morgan fingerprint density at radius 1 is 1.21 bits per heavy atom. The highest BCUT2D eigenvalue weighted by Crippen LogP contribution is 2.27. The smallest absolute Gasteiger partial charge is 0.226 e. The van der Waals surface area contributed by atoms with Crippen molar-refractivity contribution in [2.24, 2.45) is 0 Å². The number of ether oxygens (including phenoxy) is 1. The maximum atomic E-state index is 13.1. The summed E-state index contributed by atoms with van der Waals surface area (Å²) in [5, 5.41) is 7.16. The van der Waals surface area contributed by atoms with Gasteiger partial charge >= 0.3 is 0 Å². The monoisotopic (exact) mass is 377 g/mol. The van der Waals surface area contributed by atoms with E-state index in [0.29, 0.717) is 17.9 Å². The predicted octanol–water partition coefficient (Wildman–Crippen LogP) is 3.21. The largest absolute Gasteiger partial charge is 0.497 e. The Labute approximate surface area is 163 Å². The number of nitrogens with one attached hydrogen (secondary N) is 3. The molecule has 6 heteroatoms. The first-order chi connectivity index (χ1) is 13.5. The van der Waals surface area contributed by atoms with Crippen molar-refractivity contribution in [2.75, 3.05) is 19.0 Å². The molecule has 1 aliphatic rings. The van der Waals surface area contributed by atoms with Crippen molar-refractivity contribution in [2.45, 2.75) is 25.8 Å². The average Bonchev–Trinajstić information content (AvgIpc) is 2.97. The van der Waals surface area contributed by atoms with E-state index in [9.17, 15) is 9.59 Å². The van der Waals surface area contributed by atoms with Crippen LogP contribution >= 0.6 is 0 Å². The summed E-state index contributed by atoms with van der Waals surface area (Å²) < 4.78 is 5.12. The van der Waals surface area contributed by atoms with Gasteiger partial charge in [-0.1, -0.05) is 11.6 Å². The van der Waals surface area contributed by atoms with Crippen LogP contribution < -0.4 is 15.4 Å². The zero-order chi connectivity index (χ0) is 19.7. The summed E-state index contributed by atoms with van der Waals surface area (Å²) >= 11 is 0. The maximum absolute atomic E-state index is 13.1. The molecule has 0 fully saturated rings. The number of ketones is 1. The van der Waals surface area contributed by atoms with Gasteiger partial charge in [-0.3, -0.25) is 9.59 Å². The molecule has 1 atom stereocenters. The fourth-order valence-corrected chi connectivity index (χ4v) is 3.71. The summed E-state index contributed by atoms with van der Waals surface area (Å²) in [7, 11) is 1.59. The van der Waals surface area contributed by atoms with Crippen LogP contribution in [0.15, 0.2) is 42.5 Å². The van der Waals surface area contributed by atoms with Crippen LogP contribution in [-0.2, 0) is 11.2 Å². The van der Waals surface area contributed by atoms with Crippen LogP contribution in [0.5, 0.6) is 5.75 Å². The van der Waals surface area contributed by atoms with Crippen LogP contribution in [0.25, 0.3) is 10.9 Å². The van der Waals surface area contributed by atoms with E-state index in [1.54, 1.807) is 31.4 Å². The number of methoxy groups -OCH3 is 1. The van der Waals surface area contributed by atoms with Gasteiger partial charge in [-0.25, -0.2) is 0 Å². The van der Waals surface area contributed by atoms with Gasteiger partial charge in [0.25, 0.3) is 0 Å². The van der Waals surface area contributed by atoms with Crippen LogP contribution in [0.3, 0.4) is 0 Å². The Hall–Kier alpha value is -3.12. The summed E-state index contributed by atoms with van der Waals surface area (Å²) in [5.41, 5.74) is 4.46. The third kappa shape index (κ3) is 3.51. The molecule has 1 aromatic heterocycles. The summed E-state index contributed by atoms with van der Waals surface area (Å²) in [6.07, 6.45) is 0.833. The Morgan fingerprint density at radius 3 is 2.75 bits per heavy atom. The Kier molecular flexibility index (Phi) is 4.88. The molecule has 6 nitrogen and oxygen atoms in total. The first-order valence-electron chi connectivity index (χ1n) is 9.38. The molecule has 0 unspecified atom stereocenters. The number of H-pyrrole nitrogens is 1. The van der Waals surface area contributed by atoms with Crippen LogP contribution in [0.1, 0.15) is 28.0 Å². The van der Waals surface area contributed by atoms with Crippen molar-refractivity contribution in [1.29, 1.82) is 0 Å². The Bertz CT molecular complexity index is 1040. The third-order valence-corrected chi connectivity index (χ3v) is 5.15. The number of Topliss-reactive ketones (excluding diaryl/α,β-unsaturated/α-hetero) is 1. The Balaban J connectivity index is 1.51. The number of rotatable bonds is 4. The van der Waals surface area contributed by atoms with E-state index in [2.05, 4.69) is 21.7 Å². The van der Waals surface area contributed by atoms with Crippen molar-refractivity contribution < 1.29 is 14.3 Å². The quantitative estimate of drug-likeness (QED) is 0.652. The average molecular weight is 377 g/mol. The number of amides is 1. The van der Waals surface area contributed by atoms with E-state index < -0.39 is 6.04 Å². The minimum Gasteiger partial charge on any atom is -0.497 e. The molecule has 0 spiro atoms. The van der Waals surface area contributed by atoms with Crippen LogP contribution in [0.2, 0.25) is 0 Å². The number of carbonyl (C=O) groups is 2. The van der Waals surface area contributed by atoms with E-state index in [1.165, 1.54) is 0 Å². The number of aryl methyl sites for hydroxylation is 1. The predicted molar refractivity (Wildman–Crippen MR) is 109 cm³/mol. The second-order valence-corrected chi connectivity index (χ2v) is 7.13. The van der Waals surface area contributed by atoms with Gasteiger partial charge in [0.2, 0.25) is 5.91 Å². The molecular weight excluding hydrogens is 354 g/mol. The van der Waals surface area contributed by atoms with Crippen LogP contribution in [0, 0.1) is 6.92 Å². The number of fused-ring (bicyclic) bond motifs is 3. The van der Waals surface area contributed by atoms with E-state index in [4.69, 9.17) is 4.74 Å². The van der Waals surface area contributed by atoms with Gasteiger partial charge in [-0.15, -0.1) is 0 Å². The van der Waals surface area contributed by atoms with Gasteiger partial charge in [0, 0.05) is 23.0 Å². The molecule has 3 N–H and O–H groups in total. The van der Waals surface area contributed by atoms with E-state index in [0.717, 1.165) is 34.2 Å². The van der Waals surface area contributed by atoms with Gasteiger partial charge < -0.3 is 20.4 Å². The lowest BCUT2D eigenvalue weighted by atomic mass is 10.0. The number of hydrogen-bond acceptors (Lipinski definition) is 4. The third-order valence-electron chi connectivity index (χ3n) is 5.15. The molecule has 144 valence electrons. The second-order valence-electron chi connectivity index (χ2n) is 7.13. The maximum Gasteiger partial charge on any atom is 0.226 e. The zero-order valence-corrected chi connectivity index (χ0v) is 16.0. The van der Waals surface area contributed by atoms with Gasteiger partial charge in [0.05, 0.1) is 18.8 Å². The standard InChI is InChI=1S/C22H23N3O3/c1-13-3-8-18-17(11-13)16-9-10-23-19(22(27)21(16)25-18)12-20(26)24-14-4-6-15(28-2)7-5-14/h3-8,11,19,23,25H,9-10,12H2,1-2H3,(H,24,26)/t19-/m1/s1. The molecule has 2 aromatic carbocycles. The minimum absolute atomic E-state index is 0.0637. The van der Waals surface area contributed by atoms with E-state index >= 15 is 0 Å². The topological polar surface area (TPSA) is 83.2 Å². The number of carbonyl (C=O) groups excluding carboxylic acids is 2. The van der Waals surface area contributed by atoms with Gasteiger partial charge in [0.15, 0.2) is 5.78 Å². The van der Waals surface area contributed by atoms with E-state index in [1.807, 2.05) is 19.1 Å². The van der Waals surface area contributed by atoms with Gasteiger partial charge in [-0.05, 0) is 61.9 Å². The highest BCUT2D eigenvalue weighted by atomic mass is 16.5. The van der Waals surface area contributed by atoms with Crippen molar-refractivity contribution in [3.63, 3.8) is 0 Å². The molecule has 0 radical (unpaired) electrons. The SMILES string of the molecule is COc1ccc(NC(=O)C[C@H]2NCCc3c([nH]c4ccc(C)cc34)C2=O)cc1. The van der Waals surface area contributed by atoms with Crippen molar-refractivity contribution in [1.82, 2.24) is 10.3 Å². The molecular formula is C22H23N3O3. The molecule has 28 heavy (non-hydrogen) atoms. The molecule has 3 aromatic rings.